The third-order valence-corrected chi connectivity index (χ3v) is 3.87. The maximum Gasteiger partial charge on any atom is 0.325 e. The number of carbonyl (C=O) groups is 2. The minimum Gasteiger partial charge on any atom is -0.465 e. The van der Waals surface area contributed by atoms with Crippen LogP contribution >= 0.6 is 0 Å². The minimum atomic E-state index is -1.51. The van der Waals surface area contributed by atoms with Crippen LogP contribution in [0.5, 0.6) is 0 Å². The Hall–Kier alpha value is -2.83. The summed E-state index contributed by atoms with van der Waals surface area (Å²) < 4.78 is 11.5. The molecule has 1 saturated heterocycles. The Kier molecular flexibility index (Phi) is 4.97. The molecule has 26 heavy (non-hydrogen) atoms. The topological polar surface area (TPSA) is 175 Å². The molecule has 2 aromatic rings. The minimum absolute atomic E-state index is 0.144. The summed E-state index contributed by atoms with van der Waals surface area (Å²) in [5.41, 5.74) is 6.29. The monoisotopic (exact) mass is 366 g/mol. The zero-order valence-electron chi connectivity index (χ0n) is 13.8. The number of fused-ring (bicyclic) bond motifs is 1. The van der Waals surface area contributed by atoms with Gasteiger partial charge in [-0.15, -0.1) is 0 Å². The van der Waals surface area contributed by atoms with E-state index in [2.05, 4.69) is 20.3 Å². The van der Waals surface area contributed by atoms with Gasteiger partial charge >= 0.3 is 5.97 Å². The number of ether oxygens (including phenoxy) is 2. The fourth-order valence-electron chi connectivity index (χ4n) is 2.63. The van der Waals surface area contributed by atoms with Gasteiger partial charge in [0.15, 0.2) is 23.8 Å². The molecule has 2 aromatic heterocycles. The molecule has 0 aromatic carbocycles. The van der Waals surface area contributed by atoms with Crippen LogP contribution in [0.3, 0.4) is 0 Å². The molecule has 0 spiro atoms. The van der Waals surface area contributed by atoms with Crippen LogP contribution in [0.25, 0.3) is 11.2 Å². The Morgan fingerprint density at radius 1 is 1.35 bits per heavy atom. The van der Waals surface area contributed by atoms with E-state index in [-0.39, 0.29) is 24.6 Å². The summed E-state index contributed by atoms with van der Waals surface area (Å²) >= 11 is 0. The number of nitrogen functional groups attached to an aromatic ring is 1. The second-order valence-electron chi connectivity index (χ2n) is 5.53. The lowest BCUT2D eigenvalue weighted by Crippen LogP contribution is -2.44. The molecular formula is C14H18N6O6. The molecule has 0 aliphatic carbocycles. The standard InChI is InChI=1S/C14H18N6O6/c1-2-25-6(21)3-16-13(24)10-8(22)9(23)14(26-10)20-5-19-7-11(15)17-4-18-12(7)20/h4-5,8-10,14,22-23H,2-3H2,1H3,(H,16,24)(H2,15,17,18)/t8-,9+,10-,14?/m0/s1. The van der Waals surface area contributed by atoms with Gasteiger partial charge in [-0.1, -0.05) is 0 Å². The number of hydrogen-bond donors (Lipinski definition) is 4. The molecule has 12 nitrogen and oxygen atoms in total. The van der Waals surface area contributed by atoms with E-state index < -0.39 is 36.4 Å². The smallest absolute Gasteiger partial charge is 0.325 e. The number of aliphatic hydroxyl groups is 2. The van der Waals surface area contributed by atoms with Gasteiger partial charge in [0.2, 0.25) is 0 Å². The van der Waals surface area contributed by atoms with Gasteiger partial charge in [0.1, 0.15) is 30.6 Å². The quantitative estimate of drug-likeness (QED) is 0.421. The van der Waals surface area contributed by atoms with Gasteiger partial charge in [-0.2, -0.15) is 0 Å². The number of amides is 1. The number of imidazole rings is 1. The SMILES string of the molecule is CCOC(=O)CNC(=O)[C@H]1OC(n2cnc3c(N)ncnc32)[C@H](O)[C@@H]1O. The Morgan fingerprint density at radius 2 is 2.12 bits per heavy atom. The Labute approximate surface area is 146 Å². The van der Waals surface area contributed by atoms with Gasteiger partial charge in [-0.25, -0.2) is 15.0 Å². The van der Waals surface area contributed by atoms with Crippen molar-refractivity contribution in [3.8, 4) is 0 Å². The van der Waals surface area contributed by atoms with Crippen molar-refractivity contribution < 1.29 is 29.3 Å². The zero-order chi connectivity index (χ0) is 18.8. The molecule has 1 amide bonds. The number of nitrogens with two attached hydrogens (primary N) is 1. The lowest BCUT2D eigenvalue weighted by Gasteiger charge is -2.16. The van der Waals surface area contributed by atoms with Crippen LogP contribution in [0, 0.1) is 0 Å². The lowest BCUT2D eigenvalue weighted by molar-refractivity contribution is -0.146. The van der Waals surface area contributed by atoms with E-state index in [0.717, 1.165) is 0 Å². The average Bonchev–Trinajstić information content (AvgIpc) is 3.16. The molecule has 12 heteroatoms. The molecule has 1 aliphatic heterocycles. The average molecular weight is 366 g/mol. The third-order valence-electron chi connectivity index (χ3n) is 3.87. The fraction of sp³-hybridized carbons (Fsp3) is 0.500. The number of aromatic nitrogens is 4. The van der Waals surface area contributed by atoms with Crippen LogP contribution in [0.2, 0.25) is 0 Å². The first-order chi connectivity index (χ1) is 12.4. The highest BCUT2D eigenvalue weighted by Gasteiger charge is 2.47. The van der Waals surface area contributed by atoms with E-state index >= 15 is 0 Å². The van der Waals surface area contributed by atoms with Crippen molar-refractivity contribution in [3.05, 3.63) is 12.7 Å². The Bertz CT molecular complexity index is 825. The van der Waals surface area contributed by atoms with Crippen molar-refractivity contribution in [2.75, 3.05) is 18.9 Å². The van der Waals surface area contributed by atoms with Crippen LogP contribution < -0.4 is 11.1 Å². The molecule has 3 rings (SSSR count). The summed E-state index contributed by atoms with van der Waals surface area (Å²) in [5.74, 6) is -1.24. The number of nitrogens with one attached hydrogen (secondary N) is 1. The molecule has 1 aliphatic rings. The van der Waals surface area contributed by atoms with Crippen LogP contribution in [0.15, 0.2) is 12.7 Å². The fourth-order valence-corrected chi connectivity index (χ4v) is 2.63. The summed E-state index contributed by atoms with van der Waals surface area (Å²) in [7, 11) is 0. The largest absolute Gasteiger partial charge is 0.465 e. The number of hydrogen-bond acceptors (Lipinski definition) is 10. The van der Waals surface area contributed by atoms with Crippen LogP contribution in [-0.2, 0) is 19.1 Å². The highest BCUT2D eigenvalue weighted by atomic mass is 16.6. The molecule has 0 bridgehead atoms. The predicted molar refractivity (Wildman–Crippen MR) is 85.3 cm³/mol. The maximum absolute atomic E-state index is 12.2. The molecule has 0 saturated carbocycles. The molecular weight excluding hydrogens is 348 g/mol. The Balaban J connectivity index is 1.76. The summed E-state index contributed by atoms with van der Waals surface area (Å²) in [6.45, 7) is 1.44. The van der Waals surface area contributed by atoms with Crippen LogP contribution in [-0.4, -0.2) is 73.1 Å². The van der Waals surface area contributed by atoms with Crippen molar-refractivity contribution in [2.45, 2.75) is 31.5 Å². The molecule has 4 atom stereocenters. The van der Waals surface area contributed by atoms with Crippen molar-refractivity contribution in [1.82, 2.24) is 24.8 Å². The van der Waals surface area contributed by atoms with Gasteiger partial charge in [0, 0.05) is 0 Å². The number of carbonyl (C=O) groups excluding carboxylic acids is 2. The summed E-state index contributed by atoms with van der Waals surface area (Å²) in [6.07, 6.45) is -2.92. The first-order valence-corrected chi connectivity index (χ1v) is 7.82. The van der Waals surface area contributed by atoms with E-state index in [0.29, 0.717) is 5.52 Å². The van der Waals surface area contributed by atoms with E-state index in [1.165, 1.54) is 17.2 Å². The van der Waals surface area contributed by atoms with E-state index in [1.54, 1.807) is 6.92 Å². The zero-order valence-corrected chi connectivity index (χ0v) is 13.8. The van der Waals surface area contributed by atoms with Crippen molar-refractivity contribution in [1.29, 1.82) is 0 Å². The van der Waals surface area contributed by atoms with Gasteiger partial charge in [-0.3, -0.25) is 14.2 Å². The number of rotatable bonds is 5. The van der Waals surface area contributed by atoms with Gasteiger partial charge in [0.05, 0.1) is 12.9 Å². The summed E-state index contributed by atoms with van der Waals surface area (Å²) in [4.78, 5) is 35.4. The summed E-state index contributed by atoms with van der Waals surface area (Å²) in [6, 6.07) is 0. The summed E-state index contributed by atoms with van der Waals surface area (Å²) in [5, 5.41) is 22.7. The normalized spacial score (nSPS) is 25.3. The van der Waals surface area contributed by atoms with Crippen LogP contribution in [0.4, 0.5) is 5.82 Å². The number of nitrogens with zero attached hydrogens (tertiary/aromatic N) is 4. The highest BCUT2D eigenvalue weighted by molar-refractivity contribution is 5.86. The number of esters is 1. The molecule has 1 unspecified atom stereocenters. The number of anilines is 1. The van der Waals surface area contributed by atoms with E-state index in [9.17, 15) is 19.8 Å². The van der Waals surface area contributed by atoms with E-state index in [1.807, 2.05) is 0 Å². The van der Waals surface area contributed by atoms with Crippen LogP contribution in [0.1, 0.15) is 13.2 Å². The van der Waals surface area contributed by atoms with Gasteiger partial charge in [-0.05, 0) is 6.92 Å². The maximum atomic E-state index is 12.2. The lowest BCUT2D eigenvalue weighted by atomic mass is 10.1. The van der Waals surface area contributed by atoms with E-state index in [4.69, 9.17) is 15.2 Å². The third kappa shape index (κ3) is 3.16. The molecule has 140 valence electrons. The van der Waals surface area contributed by atoms with Crippen molar-refractivity contribution in [3.63, 3.8) is 0 Å². The second-order valence-corrected chi connectivity index (χ2v) is 5.53. The Morgan fingerprint density at radius 3 is 2.85 bits per heavy atom. The highest BCUT2D eigenvalue weighted by Crippen LogP contribution is 2.31. The molecule has 3 heterocycles. The number of aliphatic hydroxyl groups excluding tert-OH is 2. The molecule has 5 N–H and O–H groups in total. The van der Waals surface area contributed by atoms with Gasteiger partial charge in [0.25, 0.3) is 5.91 Å². The predicted octanol–water partition coefficient (Wildman–Crippen LogP) is -2.29. The first kappa shape index (κ1) is 18.0. The first-order valence-electron chi connectivity index (χ1n) is 7.82. The van der Waals surface area contributed by atoms with Crippen molar-refractivity contribution in [2.24, 2.45) is 0 Å². The molecule has 1 fully saturated rings. The second kappa shape index (κ2) is 7.19. The van der Waals surface area contributed by atoms with Crippen molar-refractivity contribution >= 4 is 28.9 Å². The van der Waals surface area contributed by atoms with Gasteiger partial charge < -0.3 is 30.7 Å². The molecule has 0 radical (unpaired) electrons.